The van der Waals surface area contributed by atoms with Gasteiger partial charge in [-0.1, -0.05) is 30.7 Å². The molecule has 0 spiro atoms. The first-order valence-corrected chi connectivity index (χ1v) is 10.9. The minimum atomic E-state index is -0.275. The number of allylic oxidation sites excluding steroid dienone is 2. The predicted molar refractivity (Wildman–Crippen MR) is 113 cm³/mol. The normalized spacial score (nSPS) is 28.5. The molecular formula is C21H22BrClN2O4. The molecule has 6 nitrogen and oxygen atoms in total. The molecule has 1 aromatic carbocycles. The first-order chi connectivity index (χ1) is 13.9. The molecule has 1 aliphatic heterocycles. The topological polar surface area (TPSA) is 68.2 Å². The van der Waals surface area contributed by atoms with Gasteiger partial charge >= 0.3 is 0 Å². The van der Waals surface area contributed by atoms with Gasteiger partial charge in [0.1, 0.15) is 5.02 Å². The highest BCUT2D eigenvalue weighted by Gasteiger charge is 2.59. The monoisotopic (exact) mass is 480 g/mol. The average molecular weight is 482 g/mol. The van der Waals surface area contributed by atoms with Crippen LogP contribution in [0.5, 0.6) is 11.5 Å². The van der Waals surface area contributed by atoms with E-state index in [1.807, 2.05) is 13.8 Å². The summed E-state index contributed by atoms with van der Waals surface area (Å²) in [5, 5.41) is 5.58. The van der Waals surface area contributed by atoms with Crippen LogP contribution in [0.2, 0.25) is 5.02 Å². The van der Waals surface area contributed by atoms with Crippen molar-refractivity contribution in [1.82, 2.24) is 5.01 Å². The molecule has 2 amide bonds. The molecule has 5 atom stereocenters. The fourth-order valence-electron chi connectivity index (χ4n) is 4.36. The number of hydrogen-bond acceptors (Lipinski definition) is 5. The number of carbonyl (C=O) groups excluding carboxylic acids is 2. The quantitative estimate of drug-likeness (QED) is 0.342. The number of amides is 2. The lowest BCUT2D eigenvalue weighted by Gasteiger charge is -2.18. The van der Waals surface area contributed by atoms with Gasteiger partial charge in [0, 0.05) is 10.0 Å². The van der Waals surface area contributed by atoms with E-state index in [4.69, 9.17) is 21.1 Å². The zero-order chi connectivity index (χ0) is 20.9. The summed E-state index contributed by atoms with van der Waals surface area (Å²) < 4.78 is 11.9. The number of nitrogens with zero attached hydrogens (tertiary/aromatic N) is 2. The highest BCUT2D eigenvalue weighted by Crippen LogP contribution is 2.52. The third kappa shape index (κ3) is 3.28. The number of benzene rings is 1. The van der Waals surface area contributed by atoms with Gasteiger partial charge in [-0.2, -0.15) is 10.1 Å². The number of carbonyl (C=O) groups is 2. The lowest BCUT2D eigenvalue weighted by atomic mass is 9.85. The highest BCUT2D eigenvalue weighted by atomic mass is 79.9. The van der Waals surface area contributed by atoms with Crippen molar-refractivity contribution in [3.63, 3.8) is 0 Å². The maximum Gasteiger partial charge on any atom is 0.254 e. The molecule has 8 heteroatoms. The second kappa shape index (κ2) is 7.76. The molecule has 154 valence electrons. The molecular weight excluding hydrogens is 460 g/mol. The minimum Gasteiger partial charge on any atom is -0.493 e. The van der Waals surface area contributed by atoms with E-state index in [1.54, 1.807) is 6.07 Å². The lowest BCUT2D eigenvalue weighted by molar-refractivity contribution is -0.140. The van der Waals surface area contributed by atoms with Crippen molar-refractivity contribution in [3.05, 3.63) is 33.3 Å². The number of halogens is 2. The van der Waals surface area contributed by atoms with Crippen LogP contribution in [0.15, 0.2) is 27.8 Å². The number of methoxy groups -OCH3 is 1. The smallest absolute Gasteiger partial charge is 0.254 e. The van der Waals surface area contributed by atoms with Crippen molar-refractivity contribution in [2.24, 2.45) is 28.8 Å². The molecule has 2 bridgehead atoms. The number of rotatable bonds is 6. The van der Waals surface area contributed by atoms with Gasteiger partial charge in [0.05, 0.1) is 31.3 Å². The number of fused-ring (bicyclic) bond motifs is 5. The number of ether oxygens (including phenoxy) is 2. The Labute approximate surface area is 183 Å². The molecule has 0 aromatic heterocycles. The van der Waals surface area contributed by atoms with Crippen molar-refractivity contribution in [1.29, 1.82) is 0 Å². The van der Waals surface area contributed by atoms with Gasteiger partial charge < -0.3 is 9.47 Å². The Hall–Kier alpha value is -1.86. The number of imide groups is 1. The van der Waals surface area contributed by atoms with Gasteiger partial charge in [0.25, 0.3) is 11.8 Å². The van der Waals surface area contributed by atoms with Gasteiger partial charge in [0.15, 0.2) is 11.5 Å². The van der Waals surface area contributed by atoms with Crippen LogP contribution in [-0.2, 0) is 9.59 Å². The first-order valence-electron chi connectivity index (χ1n) is 9.70. The molecule has 1 saturated heterocycles. The number of hydrazone groups is 1. The summed E-state index contributed by atoms with van der Waals surface area (Å²) in [4.78, 5) is 25.5. The van der Waals surface area contributed by atoms with Crippen LogP contribution in [0.3, 0.4) is 0 Å². The highest BCUT2D eigenvalue weighted by molar-refractivity contribution is 9.10. The molecule has 4 rings (SSSR count). The zero-order valence-corrected chi connectivity index (χ0v) is 18.7. The van der Waals surface area contributed by atoms with Crippen molar-refractivity contribution < 1.29 is 19.1 Å². The average Bonchev–Trinajstić information content (AvgIpc) is 3.39. The Bertz CT molecular complexity index is 902. The van der Waals surface area contributed by atoms with E-state index in [2.05, 4.69) is 33.2 Å². The van der Waals surface area contributed by atoms with Crippen LogP contribution in [0.25, 0.3) is 0 Å². The molecule has 29 heavy (non-hydrogen) atoms. The Kier molecular flexibility index (Phi) is 5.46. The summed E-state index contributed by atoms with van der Waals surface area (Å²) in [6.45, 7) is 3.96. The van der Waals surface area contributed by atoms with Gasteiger partial charge in [-0.3, -0.25) is 9.59 Å². The maximum absolute atomic E-state index is 12.8. The van der Waals surface area contributed by atoms with Crippen molar-refractivity contribution in [2.45, 2.75) is 32.8 Å². The van der Waals surface area contributed by atoms with E-state index in [9.17, 15) is 9.59 Å². The summed E-state index contributed by atoms with van der Waals surface area (Å²) in [5.41, 5.74) is 0.585. The molecule has 0 radical (unpaired) electrons. The second-order valence-corrected chi connectivity index (χ2v) is 8.87. The van der Waals surface area contributed by atoms with Crippen LogP contribution in [0.1, 0.15) is 32.3 Å². The number of hydrogen-bond donors (Lipinski definition) is 0. The summed E-state index contributed by atoms with van der Waals surface area (Å²) >= 11 is 9.96. The van der Waals surface area contributed by atoms with Crippen molar-refractivity contribution in [2.75, 3.05) is 7.11 Å². The Balaban J connectivity index is 1.61. The van der Waals surface area contributed by atoms with Gasteiger partial charge in [-0.05, 0) is 53.6 Å². The van der Waals surface area contributed by atoms with E-state index in [1.165, 1.54) is 13.3 Å². The summed E-state index contributed by atoms with van der Waals surface area (Å²) in [6.07, 6.45) is 7.25. The summed E-state index contributed by atoms with van der Waals surface area (Å²) in [5.74, 6) is 0.207. The van der Waals surface area contributed by atoms with Crippen LogP contribution >= 0.6 is 27.5 Å². The van der Waals surface area contributed by atoms with Gasteiger partial charge in [0.2, 0.25) is 0 Å². The minimum absolute atomic E-state index is 0.0314. The van der Waals surface area contributed by atoms with E-state index < -0.39 is 0 Å². The molecule has 1 heterocycles. The fraction of sp³-hybridized carbons (Fsp3) is 0.476. The van der Waals surface area contributed by atoms with Gasteiger partial charge in [-0.15, -0.1) is 0 Å². The van der Waals surface area contributed by atoms with E-state index >= 15 is 0 Å². The second-order valence-electron chi connectivity index (χ2n) is 7.69. The molecule has 0 N–H and O–H groups in total. The first kappa shape index (κ1) is 20.4. The molecule has 2 aliphatic carbocycles. The molecule has 0 unspecified atom stereocenters. The lowest BCUT2D eigenvalue weighted by Crippen LogP contribution is -2.28. The summed E-state index contributed by atoms with van der Waals surface area (Å²) in [6, 6.07) is 1.72. The maximum atomic E-state index is 12.8. The largest absolute Gasteiger partial charge is 0.493 e. The van der Waals surface area contributed by atoms with E-state index in [0.29, 0.717) is 26.6 Å². The van der Waals surface area contributed by atoms with Crippen LogP contribution < -0.4 is 9.47 Å². The fourth-order valence-corrected chi connectivity index (χ4v) is 5.01. The third-order valence-electron chi connectivity index (χ3n) is 6.03. The Morgan fingerprint density at radius 3 is 2.48 bits per heavy atom. The SMILES string of the molecule is CC[C@H](C)Oc1c(OC)cc(C=NN2C(=O)[C@@H]3[C@H](C2=O)[C@H]2C=C[C@H]3C2)c(Br)c1Cl. The molecule has 3 aliphatic rings. The standard InChI is InChI=1S/C21H22BrClN2O4/c1-4-10(2)29-19-14(28-3)8-13(17(22)18(19)23)9-24-25-20(26)15-11-5-6-12(7-11)16(15)21(25)27/h5-6,8-12,15-16H,4,7H2,1-3H3/t10-,11-,12-,15-,16+/m0/s1. The molecule has 1 saturated carbocycles. The Morgan fingerprint density at radius 1 is 1.31 bits per heavy atom. The van der Waals surface area contributed by atoms with Crippen molar-refractivity contribution >= 4 is 45.6 Å². The van der Waals surface area contributed by atoms with Gasteiger partial charge in [-0.25, -0.2) is 0 Å². The van der Waals surface area contributed by atoms with Crippen LogP contribution in [0.4, 0.5) is 0 Å². The van der Waals surface area contributed by atoms with E-state index in [0.717, 1.165) is 17.9 Å². The zero-order valence-electron chi connectivity index (χ0n) is 16.4. The summed E-state index contributed by atoms with van der Waals surface area (Å²) in [7, 11) is 1.53. The predicted octanol–water partition coefficient (Wildman–Crippen LogP) is 4.43. The third-order valence-corrected chi connectivity index (χ3v) is 7.47. The van der Waals surface area contributed by atoms with E-state index in [-0.39, 0.29) is 41.6 Å². The molecule has 2 fully saturated rings. The van der Waals surface area contributed by atoms with Crippen LogP contribution in [-0.4, -0.2) is 36.3 Å². The Morgan fingerprint density at radius 2 is 1.93 bits per heavy atom. The molecule has 1 aromatic rings. The van der Waals surface area contributed by atoms with Crippen molar-refractivity contribution in [3.8, 4) is 11.5 Å². The van der Waals surface area contributed by atoms with Crippen LogP contribution in [0, 0.1) is 23.7 Å².